The van der Waals surface area contributed by atoms with Gasteiger partial charge < -0.3 is 5.32 Å². The van der Waals surface area contributed by atoms with Crippen molar-refractivity contribution < 1.29 is 9.59 Å². The largest absolute Gasteiger partial charge is 0.346 e. The van der Waals surface area contributed by atoms with Crippen LogP contribution in [-0.2, 0) is 4.79 Å². The Kier molecular flexibility index (Phi) is 4.23. The van der Waals surface area contributed by atoms with E-state index >= 15 is 0 Å². The van der Waals surface area contributed by atoms with Crippen LogP contribution in [0.15, 0.2) is 24.3 Å². The van der Waals surface area contributed by atoms with Gasteiger partial charge in [0.1, 0.15) is 0 Å². The van der Waals surface area contributed by atoms with Crippen molar-refractivity contribution in [3.63, 3.8) is 0 Å². The zero-order valence-electron chi connectivity index (χ0n) is 9.91. The summed E-state index contributed by atoms with van der Waals surface area (Å²) in [6.07, 6.45) is 0.603. The summed E-state index contributed by atoms with van der Waals surface area (Å²) in [5, 5.41) is 2.65. The average molecular weight is 219 g/mol. The number of aryl methyl sites for hydroxylation is 1. The van der Waals surface area contributed by atoms with E-state index in [0.29, 0.717) is 12.0 Å². The standard InChI is InChI=1S/C13H17NO2/c1-4-12(14-10(3)15)13(16)11-7-5-9(2)6-8-11/h5-8,12H,4H2,1-3H3,(H,14,15). The van der Waals surface area contributed by atoms with Gasteiger partial charge in [-0.1, -0.05) is 36.8 Å². The molecule has 1 atom stereocenters. The van der Waals surface area contributed by atoms with Gasteiger partial charge in [-0.3, -0.25) is 9.59 Å². The third kappa shape index (κ3) is 3.19. The molecule has 1 N–H and O–H groups in total. The van der Waals surface area contributed by atoms with Crippen molar-refractivity contribution >= 4 is 11.7 Å². The number of amides is 1. The molecule has 0 saturated heterocycles. The summed E-state index contributed by atoms with van der Waals surface area (Å²) in [5.74, 6) is -0.204. The lowest BCUT2D eigenvalue weighted by Gasteiger charge is -2.14. The molecule has 1 aromatic carbocycles. The third-order valence-corrected chi connectivity index (χ3v) is 2.44. The Bertz CT molecular complexity index is 381. The molecular weight excluding hydrogens is 202 g/mol. The van der Waals surface area contributed by atoms with Gasteiger partial charge in [0.25, 0.3) is 0 Å². The maximum atomic E-state index is 12.0. The van der Waals surface area contributed by atoms with Crippen molar-refractivity contribution in [1.29, 1.82) is 0 Å². The minimum absolute atomic E-state index is 0.0299. The highest BCUT2D eigenvalue weighted by molar-refractivity contribution is 6.01. The monoisotopic (exact) mass is 219 g/mol. The van der Waals surface area contributed by atoms with Crippen LogP contribution in [0, 0.1) is 6.92 Å². The Morgan fingerprint density at radius 1 is 1.25 bits per heavy atom. The van der Waals surface area contributed by atoms with Crippen LogP contribution in [-0.4, -0.2) is 17.7 Å². The number of rotatable bonds is 4. The molecule has 0 spiro atoms. The van der Waals surface area contributed by atoms with Crippen molar-refractivity contribution in [3.05, 3.63) is 35.4 Å². The van der Waals surface area contributed by atoms with E-state index in [1.807, 2.05) is 26.0 Å². The summed E-state index contributed by atoms with van der Waals surface area (Å²) in [5.41, 5.74) is 1.76. The van der Waals surface area contributed by atoms with E-state index in [1.54, 1.807) is 12.1 Å². The summed E-state index contributed by atoms with van der Waals surface area (Å²) in [7, 11) is 0. The number of nitrogens with one attached hydrogen (secondary N) is 1. The normalized spacial score (nSPS) is 11.9. The Hall–Kier alpha value is -1.64. The first-order valence-corrected chi connectivity index (χ1v) is 5.42. The van der Waals surface area contributed by atoms with Crippen LogP contribution in [0.2, 0.25) is 0 Å². The van der Waals surface area contributed by atoms with Crippen molar-refractivity contribution in [2.75, 3.05) is 0 Å². The lowest BCUT2D eigenvalue weighted by Crippen LogP contribution is -2.39. The third-order valence-electron chi connectivity index (χ3n) is 2.44. The lowest BCUT2D eigenvalue weighted by atomic mass is 10.0. The molecule has 0 bridgehead atoms. The molecule has 1 unspecified atom stereocenters. The summed E-state index contributed by atoms with van der Waals surface area (Å²) < 4.78 is 0. The zero-order chi connectivity index (χ0) is 12.1. The van der Waals surface area contributed by atoms with Crippen molar-refractivity contribution in [1.82, 2.24) is 5.32 Å². The number of ketones is 1. The van der Waals surface area contributed by atoms with Crippen molar-refractivity contribution in [2.24, 2.45) is 0 Å². The van der Waals surface area contributed by atoms with Crippen LogP contribution in [0.1, 0.15) is 36.2 Å². The van der Waals surface area contributed by atoms with E-state index in [-0.39, 0.29) is 11.7 Å². The number of carbonyl (C=O) groups excluding carboxylic acids is 2. The Morgan fingerprint density at radius 2 is 1.81 bits per heavy atom. The number of hydrogen-bond donors (Lipinski definition) is 1. The van der Waals surface area contributed by atoms with Gasteiger partial charge in [-0.15, -0.1) is 0 Å². The van der Waals surface area contributed by atoms with Crippen molar-refractivity contribution in [3.8, 4) is 0 Å². The predicted octanol–water partition coefficient (Wildman–Crippen LogP) is 2.09. The summed E-state index contributed by atoms with van der Waals surface area (Å²) in [6, 6.07) is 6.96. The fourth-order valence-corrected chi connectivity index (χ4v) is 1.52. The molecule has 0 aliphatic rings. The summed E-state index contributed by atoms with van der Waals surface area (Å²) in [4.78, 5) is 22.9. The Balaban J connectivity index is 2.82. The molecular formula is C13H17NO2. The molecule has 0 aliphatic carbocycles. The second-order valence-corrected chi connectivity index (χ2v) is 3.89. The highest BCUT2D eigenvalue weighted by atomic mass is 16.2. The van der Waals surface area contributed by atoms with Crippen molar-refractivity contribution in [2.45, 2.75) is 33.2 Å². The van der Waals surface area contributed by atoms with E-state index in [0.717, 1.165) is 5.56 Å². The maximum absolute atomic E-state index is 12.0. The summed E-state index contributed by atoms with van der Waals surface area (Å²) >= 11 is 0. The van der Waals surface area contributed by atoms with Crippen LogP contribution >= 0.6 is 0 Å². The molecule has 0 saturated carbocycles. The van der Waals surface area contributed by atoms with Gasteiger partial charge >= 0.3 is 0 Å². The molecule has 16 heavy (non-hydrogen) atoms. The van der Waals surface area contributed by atoms with E-state index in [1.165, 1.54) is 6.92 Å². The Labute approximate surface area is 95.9 Å². The second-order valence-electron chi connectivity index (χ2n) is 3.89. The quantitative estimate of drug-likeness (QED) is 0.788. The highest BCUT2D eigenvalue weighted by Gasteiger charge is 2.18. The summed E-state index contributed by atoms with van der Waals surface area (Å²) in [6.45, 7) is 5.27. The van der Waals surface area contributed by atoms with E-state index in [4.69, 9.17) is 0 Å². The number of Topliss-reactive ketones (excluding diaryl/α,β-unsaturated/α-hetero) is 1. The van der Waals surface area contributed by atoms with Gasteiger partial charge in [0.05, 0.1) is 6.04 Å². The molecule has 86 valence electrons. The zero-order valence-corrected chi connectivity index (χ0v) is 9.91. The average Bonchev–Trinajstić information content (AvgIpc) is 2.25. The first kappa shape index (κ1) is 12.4. The molecule has 0 aromatic heterocycles. The van der Waals surface area contributed by atoms with Gasteiger partial charge in [0, 0.05) is 12.5 Å². The molecule has 0 fully saturated rings. The molecule has 1 amide bonds. The molecule has 1 rings (SSSR count). The highest BCUT2D eigenvalue weighted by Crippen LogP contribution is 2.08. The smallest absolute Gasteiger partial charge is 0.217 e. The first-order chi connectivity index (χ1) is 7.54. The van der Waals surface area contributed by atoms with E-state index in [2.05, 4.69) is 5.32 Å². The fourth-order valence-electron chi connectivity index (χ4n) is 1.52. The van der Waals surface area contributed by atoms with E-state index < -0.39 is 6.04 Å². The topological polar surface area (TPSA) is 46.2 Å². The predicted molar refractivity (Wildman–Crippen MR) is 63.4 cm³/mol. The molecule has 0 aliphatic heterocycles. The molecule has 1 aromatic rings. The first-order valence-electron chi connectivity index (χ1n) is 5.42. The maximum Gasteiger partial charge on any atom is 0.217 e. The van der Waals surface area contributed by atoms with Crippen LogP contribution in [0.3, 0.4) is 0 Å². The van der Waals surface area contributed by atoms with Gasteiger partial charge in [-0.25, -0.2) is 0 Å². The Morgan fingerprint density at radius 3 is 2.25 bits per heavy atom. The van der Waals surface area contributed by atoms with Crippen LogP contribution < -0.4 is 5.32 Å². The minimum Gasteiger partial charge on any atom is -0.346 e. The second kappa shape index (κ2) is 5.45. The van der Waals surface area contributed by atoms with Gasteiger partial charge in [0.2, 0.25) is 5.91 Å². The number of carbonyl (C=O) groups is 2. The fraction of sp³-hybridized carbons (Fsp3) is 0.385. The van der Waals surface area contributed by atoms with Crippen LogP contribution in [0.5, 0.6) is 0 Å². The van der Waals surface area contributed by atoms with Gasteiger partial charge in [0.15, 0.2) is 5.78 Å². The number of benzene rings is 1. The molecule has 0 heterocycles. The van der Waals surface area contributed by atoms with Crippen LogP contribution in [0.4, 0.5) is 0 Å². The van der Waals surface area contributed by atoms with Gasteiger partial charge in [-0.2, -0.15) is 0 Å². The SMILES string of the molecule is CCC(NC(C)=O)C(=O)c1ccc(C)cc1. The van der Waals surface area contributed by atoms with E-state index in [9.17, 15) is 9.59 Å². The molecule has 3 nitrogen and oxygen atoms in total. The van der Waals surface area contributed by atoms with Gasteiger partial charge in [-0.05, 0) is 13.3 Å². The lowest BCUT2D eigenvalue weighted by molar-refractivity contribution is -0.119. The molecule has 0 radical (unpaired) electrons. The molecule has 3 heteroatoms. The number of hydrogen-bond acceptors (Lipinski definition) is 2. The van der Waals surface area contributed by atoms with Crippen LogP contribution in [0.25, 0.3) is 0 Å². The minimum atomic E-state index is -0.416.